The quantitative estimate of drug-likeness (QED) is 0.165. The molecule has 6 aromatic rings. The van der Waals surface area contributed by atoms with E-state index in [4.69, 9.17) is 0 Å². The molecule has 0 saturated carbocycles. The van der Waals surface area contributed by atoms with Gasteiger partial charge >= 0.3 is 0 Å². The van der Waals surface area contributed by atoms with Crippen molar-refractivity contribution in [2.24, 2.45) is 0 Å². The summed E-state index contributed by atoms with van der Waals surface area (Å²) < 4.78 is 0. The first kappa shape index (κ1) is 46.4. The molecule has 0 N–H and O–H groups in total. The molecule has 2 nitrogen and oxygen atoms in total. The highest BCUT2D eigenvalue weighted by Crippen LogP contribution is 2.48. The Morgan fingerprint density at radius 3 is 1.27 bits per heavy atom. The summed E-state index contributed by atoms with van der Waals surface area (Å²) >= 11 is 0. The summed E-state index contributed by atoms with van der Waals surface area (Å²) in [6.45, 7) is 30.2. The topological polar surface area (TPSA) is 6.48 Å². The van der Waals surface area contributed by atoms with Crippen molar-refractivity contribution in [1.82, 2.24) is 0 Å². The highest BCUT2D eigenvalue weighted by molar-refractivity contribution is 6.14. The molecule has 0 aromatic heterocycles. The zero-order valence-corrected chi connectivity index (χ0v) is 34.9. The highest BCUT2D eigenvalue weighted by atomic mass is 15.1. The molecule has 0 aliphatic carbocycles. The molecule has 0 radical (unpaired) electrons. The van der Waals surface area contributed by atoms with Crippen LogP contribution in [0.15, 0.2) is 127 Å². The van der Waals surface area contributed by atoms with Crippen molar-refractivity contribution in [1.29, 1.82) is 0 Å². The Bertz CT molecular complexity index is 1750. The molecular formula is C49H70N2. The van der Waals surface area contributed by atoms with Gasteiger partial charge in [-0.05, 0) is 59.2 Å². The van der Waals surface area contributed by atoms with E-state index in [1.807, 2.05) is 83.1 Å². The second-order valence-electron chi connectivity index (χ2n) is 10.0. The highest BCUT2D eigenvalue weighted by Gasteiger charge is 2.23. The SMILES string of the molecule is CC.CC.CC.CC.CC.CC.CCN(C)c1ccc2ccccc2c1-c1c(N(CC)c2ccccc2-c2ccccc2)ccc2ccccc12. The monoisotopic (exact) mass is 687 g/mol. The van der Waals surface area contributed by atoms with E-state index in [0.29, 0.717) is 0 Å². The molecule has 0 amide bonds. The van der Waals surface area contributed by atoms with Crippen LogP contribution in [0, 0.1) is 0 Å². The first-order chi connectivity index (χ1) is 25.2. The third-order valence-electron chi connectivity index (χ3n) is 7.84. The second-order valence-corrected chi connectivity index (χ2v) is 10.0. The van der Waals surface area contributed by atoms with Crippen LogP contribution >= 0.6 is 0 Å². The minimum Gasteiger partial charge on any atom is -0.374 e. The summed E-state index contributed by atoms with van der Waals surface area (Å²) in [7, 11) is 2.20. The minimum absolute atomic E-state index is 0.846. The smallest absolute Gasteiger partial charge is 0.0498 e. The Morgan fingerprint density at radius 2 is 0.784 bits per heavy atom. The molecule has 0 spiro atoms. The Hall–Kier alpha value is -4.56. The molecule has 2 heteroatoms. The van der Waals surface area contributed by atoms with Gasteiger partial charge in [0, 0.05) is 53.9 Å². The van der Waals surface area contributed by atoms with Gasteiger partial charge in [-0.25, -0.2) is 0 Å². The first-order valence-electron chi connectivity index (χ1n) is 19.9. The van der Waals surface area contributed by atoms with Crippen molar-refractivity contribution >= 4 is 38.6 Å². The number of fused-ring (bicyclic) bond motifs is 2. The molecule has 0 unspecified atom stereocenters. The lowest BCUT2D eigenvalue weighted by Crippen LogP contribution is -2.19. The van der Waals surface area contributed by atoms with Gasteiger partial charge in [0.05, 0.1) is 0 Å². The maximum atomic E-state index is 2.49. The van der Waals surface area contributed by atoms with E-state index in [0.717, 1.165) is 13.1 Å². The molecule has 51 heavy (non-hydrogen) atoms. The molecule has 0 saturated heterocycles. The average molecular weight is 687 g/mol. The lowest BCUT2D eigenvalue weighted by atomic mass is 9.90. The van der Waals surface area contributed by atoms with Crippen molar-refractivity contribution in [2.75, 3.05) is 29.9 Å². The zero-order chi connectivity index (χ0) is 38.8. The molecule has 0 atom stereocenters. The van der Waals surface area contributed by atoms with E-state index >= 15 is 0 Å². The van der Waals surface area contributed by atoms with Gasteiger partial charge in [0.15, 0.2) is 0 Å². The summed E-state index contributed by atoms with van der Waals surface area (Å²) in [5.41, 5.74) is 8.73. The second kappa shape index (κ2) is 27.2. The van der Waals surface area contributed by atoms with Gasteiger partial charge < -0.3 is 9.80 Å². The maximum absolute atomic E-state index is 2.49. The van der Waals surface area contributed by atoms with Gasteiger partial charge in [-0.1, -0.05) is 192 Å². The van der Waals surface area contributed by atoms with Crippen LogP contribution in [0.5, 0.6) is 0 Å². The lowest BCUT2D eigenvalue weighted by Gasteiger charge is -2.31. The fourth-order valence-corrected chi connectivity index (χ4v) is 5.80. The van der Waals surface area contributed by atoms with Gasteiger partial charge in [-0.15, -0.1) is 0 Å². The van der Waals surface area contributed by atoms with Gasteiger partial charge in [0.1, 0.15) is 0 Å². The van der Waals surface area contributed by atoms with E-state index in [9.17, 15) is 0 Å². The van der Waals surface area contributed by atoms with Crippen molar-refractivity contribution in [2.45, 2.75) is 96.9 Å². The normalized spacial score (nSPS) is 9.24. The third kappa shape index (κ3) is 11.5. The Labute approximate surface area is 314 Å². The Kier molecular flexibility index (Phi) is 24.8. The average Bonchev–Trinajstić information content (AvgIpc) is 3.25. The largest absolute Gasteiger partial charge is 0.374 e. The zero-order valence-electron chi connectivity index (χ0n) is 34.9. The third-order valence-corrected chi connectivity index (χ3v) is 7.84. The molecule has 276 valence electrons. The lowest BCUT2D eigenvalue weighted by molar-refractivity contribution is 0.970. The number of para-hydroxylation sites is 1. The Balaban J connectivity index is 0.00000189. The van der Waals surface area contributed by atoms with E-state index < -0.39 is 0 Å². The molecule has 0 aliphatic rings. The molecular weight excluding hydrogens is 617 g/mol. The number of hydrogen-bond donors (Lipinski definition) is 0. The van der Waals surface area contributed by atoms with E-state index in [1.54, 1.807) is 0 Å². The minimum atomic E-state index is 0.846. The van der Waals surface area contributed by atoms with Gasteiger partial charge in [-0.3, -0.25) is 0 Å². The van der Waals surface area contributed by atoms with E-state index in [-0.39, 0.29) is 0 Å². The molecule has 6 aromatic carbocycles. The van der Waals surface area contributed by atoms with Gasteiger partial charge in [-0.2, -0.15) is 0 Å². The summed E-state index contributed by atoms with van der Waals surface area (Å²) in [5.74, 6) is 0. The van der Waals surface area contributed by atoms with Crippen molar-refractivity contribution in [3.8, 4) is 22.3 Å². The van der Waals surface area contributed by atoms with Crippen LogP contribution in [0.2, 0.25) is 0 Å². The summed E-state index contributed by atoms with van der Waals surface area (Å²) in [6.07, 6.45) is 0. The molecule has 6 rings (SSSR count). The molecule has 0 bridgehead atoms. The molecule has 0 aliphatic heterocycles. The van der Waals surface area contributed by atoms with Crippen molar-refractivity contribution in [3.63, 3.8) is 0 Å². The van der Waals surface area contributed by atoms with Crippen LogP contribution in [-0.4, -0.2) is 20.1 Å². The predicted octanol–water partition coefficient (Wildman–Crippen LogP) is 16.1. The van der Waals surface area contributed by atoms with Gasteiger partial charge in [0.25, 0.3) is 0 Å². The predicted molar refractivity (Wildman–Crippen MR) is 238 cm³/mol. The van der Waals surface area contributed by atoms with E-state index in [1.165, 1.54) is 60.9 Å². The first-order valence-corrected chi connectivity index (χ1v) is 19.9. The van der Waals surface area contributed by atoms with Crippen molar-refractivity contribution in [3.05, 3.63) is 127 Å². The number of rotatable bonds is 7. The van der Waals surface area contributed by atoms with Crippen LogP contribution in [0.25, 0.3) is 43.8 Å². The Morgan fingerprint density at radius 1 is 0.373 bits per heavy atom. The number of nitrogens with zero attached hydrogens (tertiary/aromatic N) is 2. The number of anilines is 3. The summed E-state index contributed by atoms with van der Waals surface area (Å²) in [6, 6.07) is 46.3. The standard InChI is InChI=1S/C37H34N2.6C2H6/c1-4-38(3)34-25-23-28-17-9-11-20-31(28)36(34)37-32-21-12-10-18-29(32)24-26-35(37)39(5-2)33-22-14-13-19-30(33)27-15-7-6-8-16-27;6*1-2/h6-26H,4-5H2,1-3H3;6*1-2H3. The molecule has 0 heterocycles. The van der Waals surface area contributed by atoms with Gasteiger partial charge in [0.2, 0.25) is 0 Å². The fourth-order valence-electron chi connectivity index (χ4n) is 5.80. The van der Waals surface area contributed by atoms with Crippen LogP contribution in [0.3, 0.4) is 0 Å². The van der Waals surface area contributed by atoms with Crippen LogP contribution in [0.1, 0.15) is 96.9 Å². The van der Waals surface area contributed by atoms with Crippen molar-refractivity contribution < 1.29 is 0 Å². The summed E-state index contributed by atoms with van der Waals surface area (Å²) in [4.78, 5) is 4.85. The number of hydrogen-bond acceptors (Lipinski definition) is 2. The fraction of sp³-hybridized carbons (Fsp3) is 0.347. The van der Waals surface area contributed by atoms with Crippen LogP contribution < -0.4 is 9.80 Å². The van der Waals surface area contributed by atoms with Crippen LogP contribution in [0.4, 0.5) is 17.1 Å². The number of benzene rings is 6. The summed E-state index contributed by atoms with van der Waals surface area (Å²) in [5, 5.41) is 5.06. The van der Waals surface area contributed by atoms with Crippen LogP contribution in [-0.2, 0) is 0 Å². The maximum Gasteiger partial charge on any atom is 0.0498 e. The van der Waals surface area contributed by atoms with E-state index in [2.05, 4.69) is 158 Å². The molecule has 0 fully saturated rings.